The van der Waals surface area contributed by atoms with Crippen LogP contribution < -0.4 is 25.3 Å². The van der Waals surface area contributed by atoms with Gasteiger partial charge in [-0.2, -0.15) is 9.97 Å². The SMILES string of the molecule is C[C@@H]1C[C@H](C)CN(c2cc(N3CCN(c4ccccc4)CC3)nc(NC(=S)NCc3ccco3)n2)C1. The van der Waals surface area contributed by atoms with Crippen molar-refractivity contribution >= 4 is 40.6 Å². The van der Waals surface area contributed by atoms with Crippen LogP contribution in [0.3, 0.4) is 0 Å². The number of nitrogens with one attached hydrogen (secondary N) is 2. The second kappa shape index (κ2) is 11.2. The summed E-state index contributed by atoms with van der Waals surface area (Å²) in [4.78, 5) is 16.9. The Morgan fingerprint density at radius 1 is 0.917 bits per heavy atom. The Labute approximate surface area is 218 Å². The maximum absolute atomic E-state index is 5.54. The fraction of sp³-hybridized carbons (Fsp3) is 0.444. The van der Waals surface area contributed by atoms with Gasteiger partial charge in [-0.3, -0.25) is 0 Å². The molecule has 2 aliphatic rings. The van der Waals surface area contributed by atoms with Crippen molar-refractivity contribution in [3.63, 3.8) is 0 Å². The van der Waals surface area contributed by atoms with Crippen molar-refractivity contribution < 1.29 is 4.42 Å². The van der Waals surface area contributed by atoms with E-state index in [0.717, 1.165) is 56.7 Å². The first-order valence-electron chi connectivity index (χ1n) is 12.8. The lowest BCUT2D eigenvalue weighted by atomic mass is 9.92. The number of thiocarbonyl (C=S) groups is 1. The first-order chi connectivity index (χ1) is 17.5. The van der Waals surface area contributed by atoms with E-state index in [4.69, 9.17) is 26.6 Å². The summed E-state index contributed by atoms with van der Waals surface area (Å²) < 4.78 is 5.39. The molecular formula is C27H35N7OS. The molecule has 2 aliphatic heterocycles. The van der Waals surface area contributed by atoms with E-state index in [9.17, 15) is 0 Å². The lowest BCUT2D eigenvalue weighted by molar-refractivity contribution is 0.355. The molecule has 4 heterocycles. The largest absolute Gasteiger partial charge is 0.467 e. The number of rotatable bonds is 6. The molecule has 8 nitrogen and oxygen atoms in total. The number of furan rings is 1. The van der Waals surface area contributed by atoms with Gasteiger partial charge in [0.15, 0.2) is 5.11 Å². The summed E-state index contributed by atoms with van der Waals surface area (Å²) in [5.41, 5.74) is 1.27. The van der Waals surface area contributed by atoms with Crippen LogP contribution in [0.15, 0.2) is 59.2 Å². The second-order valence-electron chi connectivity index (χ2n) is 9.96. The molecule has 2 saturated heterocycles. The third-order valence-corrected chi connectivity index (χ3v) is 7.09. The zero-order chi connectivity index (χ0) is 24.9. The molecule has 2 N–H and O–H groups in total. The minimum atomic E-state index is 0.476. The molecule has 0 amide bonds. The van der Waals surface area contributed by atoms with E-state index in [2.05, 4.69) is 75.6 Å². The van der Waals surface area contributed by atoms with E-state index in [1.54, 1.807) is 6.26 Å². The Morgan fingerprint density at radius 2 is 1.58 bits per heavy atom. The summed E-state index contributed by atoms with van der Waals surface area (Å²) in [6.45, 7) is 10.9. The molecule has 5 rings (SSSR count). The van der Waals surface area contributed by atoms with E-state index in [1.165, 1.54) is 12.1 Å². The number of benzene rings is 1. The molecule has 2 fully saturated rings. The molecule has 9 heteroatoms. The van der Waals surface area contributed by atoms with Crippen molar-refractivity contribution in [2.45, 2.75) is 26.8 Å². The molecule has 0 aliphatic carbocycles. The van der Waals surface area contributed by atoms with Gasteiger partial charge in [0.2, 0.25) is 5.95 Å². The van der Waals surface area contributed by atoms with Crippen LogP contribution in [0.5, 0.6) is 0 Å². The number of nitrogens with zero attached hydrogens (tertiary/aromatic N) is 5. The Bertz CT molecular complexity index is 1120. The molecule has 0 spiro atoms. The van der Waals surface area contributed by atoms with Crippen LogP contribution in [-0.4, -0.2) is 54.3 Å². The fourth-order valence-corrected chi connectivity index (χ4v) is 5.37. The van der Waals surface area contributed by atoms with Crippen LogP contribution in [0.2, 0.25) is 0 Å². The van der Waals surface area contributed by atoms with Gasteiger partial charge in [-0.25, -0.2) is 0 Å². The van der Waals surface area contributed by atoms with Gasteiger partial charge in [0, 0.05) is 51.0 Å². The predicted molar refractivity (Wildman–Crippen MR) is 150 cm³/mol. The molecule has 0 radical (unpaired) electrons. The highest BCUT2D eigenvalue weighted by Crippen LogP contribution is 2.29. The molecule has 0 unspecified atom stereocenters. The van der Waals surface area contributed by atoms with Crippen LogP contribution in [0.25, 0.3) is 0 Å². The number of piperidine rings is 1. The lowest BCUT2D eigenvalue weighted by Crippen LogP contribution is -2.47. The molecule has 2 aromatic heterocycles. The Hall–Kier alpha value is -3.33. The summed E-state index contributed by atoms with van der Waals surface area (Å²) in [6, 6.07) is 16.5. The summed E-state index contributed by atoms with van der Waals surface area (Å²) in [5.74, 6) is 4.51. The van der Waals surface area contributed by atoms with E-state index in [0.29, 0.717) is 29.4 Å². The van der Waals surface area contributed by atoms with Crippen LogP contribution in [0.1, 0.15) is 26.0 Å². The Morgan fingerprint density at radius 3 is 2.25 bits per heavy atom. The summed E-state index contributed by atoms with van der Waals surface area (Å²) >= 11 is 5.54. The number of hydrogen-bond donors (Lipinski definition) is 2. The minimum Gasteiger partial charge on any atom is -0.467 e. The smallest absolute Gasteiger partial charge is 0.232 e. The number of hydrogen-bond acceptors (Lipinski definition) is 7. The van der Waals surface area contributed by atoms with Gasteiger partial charge < -0.3 is 29.8 Å². The average molecular weight is 506 g/mol. The molecule has 36 heavy (non-hydrogen) atoms. The molecule has 0 saturated carbocycles. The van der Waals surface area contributed by atoms with Crippen molar-refractivity contribution in [2.24, 2.45) is 11.8 Å². The van der Waals surface area contributed by atoms with Gasteiger partial charge in [0.05, 0.1) is 12.8 Å². The van der Waals surface area contributed by atoms with E-state index >= 15 is 0 Å². The van der Waals surface area contributed by atoms with Crippen LogP contribution in [0.4, 0.5) is 23.3 Å². The summed E-state index contributed by atoms with van der Waals surface area (Å²) in [7, 11) is 0. The highest BCUT2D eigenvalue weighted by molar-refractivity contribution is 7.80. The first-order valence-corrected chi connectivity index (χ1v) is 13.2. The normalized spacial score (nSPS) is 20.3. The lowest BCUT2D eigenvalue weighted by Gasteiger charge is -2.38. The van der Waals surface area contributed by atoms with Crippen molar-refractivity contribution in [3.05, 3.63) is 60.6 Å². The third kappa shape index (κ3) is 6.07. The maximum atomic E-state index is 5.54. The van der Waals surface area contributed by atoms with Gasteiger partial charge in [-0.15, -0.1) is 0 Å². The van der Waals surface area contributed by atoms with Crippen molar-refractivity contribution in [3.8, 4) is 0 Å². The predicted octanol–water partition coefficient (Wildman–Crippen LogP) is 4.37. The van der Waals surface area contributed by atoms with Gasteiger partial charge in [-0.05, 0) is 54.7 Å². The average Bonchev–Trinajstić information content (AvgIpc) is 3.41. The standard InChI is InChI=1S/C27H35N7OS/c1-20-15-21(2)19-34(18-20)25-16-24(33-12-10-32(11-13-33)22-7-4-3-5-8-22)29-26(30-25)31-27(36)28-17-23-9-6-14-35-23/h3-9,14,16,20-21H,10-13,15,17-19H2,1-2H3,(H2,28,29,30,31,36)/t20-,21+. The molecular weight excluding hydrogens is 470 g/mol. The van der Waals surface area contributed by atoms with Crippen LogP contribution >= 0.6 is 12.2 Å². The fourth-order valence-electron chi connectivity index (χ4n) is 5.21. The molecule has 3 aromatic rings. The Kier molecular flexibility index (Phi) is 7.55. The highest BCUT2D eigenvalue weighted by atomic mass is 32.1. The summed E-state index contributed by atoms with van der Waals surface area (Å²) in [6.07, 6.45) is 2.91. The molecule has 0 bridgehead atoms. The van der Waals surface area contributed by atoms with E-state index in [1.807, 2.05) is 12.1 Å². The van der Waals surface area contributed by atoms with E-state index < -0.39 is 0 Å². The number of aromatic nitrogens is 2. The molecule has 2 atom stereocenters. The summed E-state index contributed by atoms with van der Waals surface area (Å²) in [5, 5.41) is 6.87. The van der Waals surface area contributed by atoms with Crippen LogP contribution in [-0.2, 0) is 6.54 Å². The third-order valence-electron chi connectivity index (χ3n) is 6.85. The van der Waals surface area contributed by atoms with Crippen molar-refractivity contribution in [1.82, 2.24) is 15.3 Å². The maximum Gasteiger partial charge on any atom is 0.232 e. The van der Waals surface area contributed by atoms with Gasteiger partial charge in [0.25, 0.3) is 0 Å². The first kappa shape index (κ1) is 24.4. The molecule has 190 valence electrons. The monoisotopic (exact) mass is 505 g/mol. The topological polar surface area (TPSA) is 72.7 Å². The Balaban J connectivity index is 1.33. The van der Waals surface area contributed by atoms with Crippen molar-refractivity contribution in [2.75, 3.05) is 59.3 Å². The van der Waals surface area contributed by atoms with E-state index in [-0.39, 0.29) is 0 Å². The van der Waals surface area contributed by atoms with Gasteiger partial charge in [0.1, 0.15) is 17.4 Å². The van der Waals surface area contributed by atoms with Crippen molar-refractivity contribution in [1.29, 1.82) is 0 Å². The molecule has 1 aromatic carbocycles. The van der Waals surface area contributed by atoms with Gasteiger partial charge >= 0.3 is 0 Å². The number of piperazine rings is 1. The van der Waals surface area contributed by atoms with Gasteiger partial charge in [-0.1, -0.05) is 32.0 Å². The minimum absolute atomic E-state index is 0.476. The highest BCUT2D eigenvalue weighted by Gasteiger charge is 2.25. The van der Waals surface area contributed by atoms with Crippen LogP contribution in [0, 0.1) is 11.8 Å². The zero-order valence-corrected chi connectivity index (χ0v) is 21.9. The zero-order valence-electron chi connectivity index (χ0n) is 21.1. The number of anilines is 4. The quantitative estimate of drug-likeness (QED) is 0.475. The second-order valence-corrected chi connectivity index (χ2v) is 10.4. The number of para-hydroxylation sites is 1.